The Morgan fingerprint density at radius 2 is 1.93 bits per heavy atom. The van der Waals surface area contributed by atoms with Crippen LogP contribution in [0.15, 0.2) is 12.2 Å². The first-order valence-corrected chi connectivity index (χ1v) is 4.34. The molecule has 1 aliphatic rings. The third-order valence-electron chi connectivity index (χ3n) is 1.93. The molecule has 1 rings (SSSR count). The van der Waals surface area contributed by atoms with Gasteiger partial charge >= 0.3 is 5.97 Å². The Labute approximate surface area is 81.0 Å². The van der Waals surface area contributed by atoms with E-state index in [0.717, 1.165) is 11.0 Å². The molecule has 1 heterocycles. The van der Waals surface area contributed by atoms with Gasteiger partial charge < -0.3 is 5.11 Å². The maximum atomic E-state index is 11.2. The minimum Gasteiger partial charge on any atom is -0.478 e. The maximum Gasteiger partial charge on any atom is 0.328 e. The summed E-state index contributed by atoms with van der Waals surface area (Å²) in [7, 11) is 0. The third kappa shape index (κ3) is 2.69. The summed E-state index contributed by atoms with van der Waals surface area (Å²) in [5.41, 5.74) is 0. The van der Waals surface area contributed by atoms with Crippen LogP contribution in [-0.2, 0) is 14.4 Å². The number of carboxylic acid groups (broad SMARTS) is 1. The summed E-state index contributed by atoms with van der Waals surface area (Å²) in [5, 5.41) is 8.30. The molecule has 1 N–H and O–H groups in total. The highest BCUT2D eigenvalue weighted by atomic mass is 16.4. The number of hydrogen-bond donors (Lipinski definition) is 1. The number of carboxylic acids is 1. The number of amides is 2. The van der Waals surface area contributed by atoms with Gasteiger partial charge in [-0.15, -0.1) is 0 Å². The first kappa shape index (κ1) is 10.4. The number of likely N-dealkylation sites (tertiary alicyclic amines) is 1. The molecule has 0 saturated carbocycles. The molecule has 0 spiro atoms. The first-order valence-electron chi connectivity index (χ1n) is 4.34. The van der Waals surface area contributed by atoms with Crippen LogP contribution in [0.25, 0.3) is 0 Å². The Morgan fingerprint density at radius 1 is 1.36 bits per heavy atom. The van der Waals surface area contributed by atoms with E-state index in [1.165, 1.54) is 6.08 Å². The summed E-state index contributed by atoms with van der Waals surface area (Å²) in [6.45, 7) is 0.0595. The highest BCUT2D eigenvalue weighted by Gasteiger charge is 2.24. The number of aliphatic carboxylic acids is 1. The van der Waals surface area contributed by atoms with E-state index < -0.39 is 5.97 Å². The van der Waals surface area contributed by atoms with Crippen LogP contribution >= 0.6 is 0 Å². The van der Waals surface area contributed by atoms with Gasteiger partial charge in [-0.3, -0.25) is 14.5 Å². The van der Waals surface area contributed by atoms with Crippen molar-refractivity contribution in [2.75, 3.05) is 6.54 Å². The Bertz CT molecular complexity index is 279. The van der Waals surface area contributed by atoms with Crippen molar-refractivity contribution < 1.29 is 19.5 Å². The molecular formula is C9H11NO4. The summed E-state index contributed by atoms with van der Waals surface area (Å²) in [4.78, 5) is 33.6. The number of imide groups is 1. The van der Waals surface area contributed by atoms with Gasteiger partial charge in [0.1, 0.15) is 0 Å². The second-order valence-electron chi connectivity index (χ2n) is 2.99. The van der Waals surface area contributed by atoms with Crippen molar-refractivity contribution in [3.05, 3.63) is 12.2 Å². The number of carbonyl (C=O) groups excluding carboxylic acids is 2. The van der Waals surface area contributed by atoms with Gasteiger partial charge in [-0.2, -0.15) is 0 Å². The average molecular weight is 197 g/mol. The molecular weight excluding hydrogens is 186 g/mol. The van der Waals surface area contributed by atoms with Crippen molar-refractivity contribution in [3.63, 3.8) is 0 Å². The van der Waals surface area contributed by atoms with Gasteiger partial charge in [-0.1, -0.05) is 6.08 Å². The summed E-state index contributed by atoms with van der Waals surface area (Å²) < 4.78 is 0. The minimum absolute atomic E-state index is 0.0595. The largest absolute Gasteiger partial charge is 0.478 e. The fourth-order valence-corrected chi connectivity index (χ4v) is 1.26. The lowest BCUT2D eigenvalue weighted by molar-refractivity contribution is -0.147. The van der Waals surface area contributed by atoms with Gasteiger partial charge in [0, 0.05) is 25.5 Å². The standard InChI is InChI=1S/C9H11NO4/c11-7-3-1-4-8(12)10(7)6-2-5-9(13)14/h2,5H,1,3-4,6H2,(H,13,14)/b5-2+. The predicted octanol–water partition coefficient (Wildman–Crippen LogP) is 0.166. The first-order chi connectivity index (χ1) is 6.61. The molecule has 0 aromatic rings. The molecule has 0 aromatic heterocycles. The minimum atomic E-state index is -1.08. The van der Waals surface area contributed by atoms with Crippen LogP contribution in [0, 0.1) is 0 Å². The van der Waals surface area contributed by atoms with E-state index in [1.54, 1.807) is 0 Å². The molecule has 0 aliphatic carbocycles. The molecule has 5 nitrogen and oxygen atoms in total. The molecule has 0 bridgehead atoms. The van der Waals surface area contributed by atoms with Gasteiger partial charge in [0.15, 0.2) is 0 Å². The molecule has 5 heteroatoms. The second-order valence-corrected chi connectivity index (χ2v) is 2.99. The van der Waals surface area contributed by atoms with Gasteiger partial charge in [-0.05, 0) is 6.42 Å². The quantitative estimate of drug-likeness (QED) is 0.516. The second kappa shape index (κ2) is 4.55. The van der Waals surface area contributed by atoms with Crippen molar-refractivity contribution in [2.24, 2.45) is 0 Å². The molecule has 0 atom stereocenters. The van der Waals surface area contributed by atoms with Crippen molar-refractivity contribution in [1.29, 1.82) is 0 Å². The van der Waals surface area contributed by atoms with Crippen LogP contribution in [0.2, 0.25) is 0 Å². The van der Waals surface area contributed by atoms with Crippen LogP contribution in [0.1, 0.15) is 19.3 Å². The van der Waals surface area contributed by atoms with Crippen molar-refractivity contribution in [2.45, 2.75) is 19.3 Å². The molecule has 0 aromatic carbocycles. The molecule has 0 radical (unpaired) electrons. The third-order valence-corrected chi connectivity index (χ3v) is 1.93. The van der Waals surface area contributed by atoms with E-state index in [0.29, 0.717) is 19.3 Å². The maximum absolute atomic E-state index is 11.2. The summed E-state index contributed by atoms with van der Waals surface area (Å²) >= 11 is 0. The lowest BCUT2D eigenvalue weighted by Gasteiger charge is -2.23. The van der Waals surface area contributed by atoms with Gasteiger partial charge in [0.05, 0.1) is 0 Å². The zero-order valence-electron chi connectivity index (χ0n) is 7.60. The zero-order valence-corrected chi connectivity index (χ0v) is 7.60. The summed E-state index contributed by atoms with van der Waals surface area (Å²) in [6, 6.07) is 0. The van der Waals surface area contributed by atoms with E-state index >= 15 is 0 Å². The Kier molecular flexibility index (Phi) is 3.39. The van der Waals surface area contributed by atoms with E-state index in [-0.39, 0.29) is 18.4 Å². The molecule has 1 saturated heterocycles. The Hall–Kier alpha value is -1.65. The number of rotatable bonds is 3. The fraction of sp³-hybridized carbons (Fsp3) is 0.444. The lowest BCUT2D eigenvalue weighted by atomic mass is 10.1. The highest BCUT2D eigenvalue weighted by Crippen LogP contribution is 2.11. The lowest BCUT2D eigenvalue weighted by Crippen LogP contribution is -2.40. The van der Waals surface area contributed by atoms with Crippen LogP contribution < -0.4 is 0 Å². The van der Waals surface area contributed by atoms with Gasteiger partial charge in [-0.25, -0.2) is 4.79 Å². The monoisotopic (exact) mass is 197 g/mol. The number of nitrogens with zero attached hydrogens (tertiary/aromatic N) is 1. The van der Waals surface area contributed by atoms with E-state index in [2.05, 4.69) is 0 Å². The molecule has 0 unspecified atom stereocenters. The Balaban J connectivity index is 2.52. The van der Waals surface area contributed by atoms with Crippen LogP contribution in [0.3, 0.4) is 0 Å². The fourth-order valence-electron chi connectivity index (χ4n) is 1.26. The molecule has 1 aliphatic heterocycles. The highest BCUT2D eigenvalue weighted by molar-refractivity contribution is 5.97. The number of carbonyl (C=O) groups is 3. The van der Waals surface area contributed by atoms with E-state index in [4.69, 9.17) is 5.11 Å². The number of piperidine rings is 1. The van der Waals surface area contributed by atoms with Crippen LogP contribution in [-0.4, -0.2) is 34.3 Å². The average Bonchev–Trinajstić information content (AvgIpc) is 2.09. The van der Waals surface area contributed by atoms with E-state index in [9.17, 15) is 14.4 Å². The zero-order chi connectivity index (χ0) is 10.6. The van der Waals surface area contributed by atoms with Crippen molar-refractivity contribution in [3.8, 4) is 0 Å². The SMILES string of the molecule is O=C(O)/C=C/CN1C(=O)CCCC1=O. The predicted molar refractivity (Wildman–Crippen MR) is 47.3 cm³/mol. The van der Waals surface area contributed by atoms with Crippen LogP contribution in [0.4, 0.5) is 0 Å². The Morgan fingerprint density at radius 3 is 2.43 bits per heavy atom. The van der Waals surface area contributed by atoms with Crippen LogP contribution in [0.5, 0.6) is 0 Å². The normalized spacial score (nSPS) is 17.9. The number of hydrogen-bond acceptors (Lipinski definition) is 3. The van der Waals surface area contributed by atoms with Crippen molar-refractivity contribution in [1.82, 2.24) is 4.90 Å². The topological polar surface area (TPSA) is 74.7 Å². The summed E-state index contributed by atoms with van der Waals surface area (Å²) in [6.07, 6.45) is 3.55. The smallest absolute Gasteiger partial charge is 0.328 e. The molecule has 2 amide bonds. The van der Waals surface area contributed by atoms with Crippen molar-refractivity contribution >= 4 is 17.8 Å². The molecule has 76 valence electrons. The van der Waals surface area contributed by atoms with E-state index in [1.807, 2.05) is 0 Å². The van der Waals surface area contributed by atoms with Gasteiger partial charge in [0.25, 0.3) is 0 Å². The molecule has 1 fully saturated rings. The molecule has 14 heavy (non-hydrogen) atoms. The van der Waals surface area contributed by atoms with Gasteiger partial charge in [0.2, 0.25) is 11.8 Å². The summed E-state index contributed by atoms with van der Waals surface area (Å²) in [5.74, 6) is -1.53.